The third kappa shape index (κ3) is 5.60. The minimum Gasteiger partial charge on any atom is -0.480 e. The number of halogens is 3. The molecule has 0 fully saturated rings. The van der Waals surface area contributed by atoms with Crippen molar-refractivity contribution in [1.29, 1.82) is 0 Å². The third-order valence-electron chi connectivity index (χ3n) is 4.11. The van der Waals surface area contributed by atoms with Crippen LogP contribution in [0.5, 0.6) is 0 Å². The number of carboxylic acid groups (broad SMARTS) is 1. The minimum absolute atomic E-state index is 0.153. The van der Waals surface area contributed by atoms with Crippen LogP contribution in [0.25, 0.3) is 0 Å². The Labute approximate surface area is 169 Å². The second-order valence-electron chi connectivity index (χ2n) is 6.00. The number of hydrogen-bond donors (Lipinski definition) is 5. The second-order valence-corrected chi connectivity index (χ2v) is 7.35. The van der Waals surface area contributed by atoms with Crippen molar-refractivity contribution in [3.8, 4) is 0 Å². The average molecular weight is 435 g/mol. The average Bonchev–Trinajstić information content (AvgIpc) is 3.13. The van der Waals surface area contributed by atoms with E-state index in [1.165, 1.54) is 35.6 Å². The largest absolute Gasteiger partial charge is 0.480 e. The van der Waals surface area contributed by atoms with Gasteiger partial charge in [-0.25, -0.2) is 4.98 Å². The molecule has 0 radical (unpaired) electrons. The van der Waals surface area contributed by atoms with Crippen LogP contribution < -0.4 is 10.6 Å². The van der Waals surface area contributed by atoms with Crippen LogP contribution in [-0.4, -0.2) is 45.7 Å². The number of carbonyl (C=O) groups is 1. The molecule has 0 saturated heterocycles. The van der Waals surface area contributed by atoms with Crippen LogP contribution in [0, 0.1) is 0 Å². The van der Waals surface area contributed by atoms with Gasteiger partial charge in [-0.1, -0.05) is 12.1 Å². The minimum atomic E-state index is -4.93. The van der Waals surface area contributed by atoms with Gasteiger partial charge in [-0.3, -0.25) is 4.79 Å². The number of alkyl halides is 3. The van der Waals surface area contributed by atoms with Crippen LogP contribution in [0.3, 0.4) is 0 Å². The smallest absolute Gasteiger partial charge is 0.421 e. The first-order valence-electron chi connectivity index (χ1n) is 8.30. The Hall–Kier alpha value is -1.82. The van der Waals surface area contributed by atoms with Crippen LogP contribution in [-0.2, 0) is 10.4 Å². The molecule has 0 aliphatic rings. The van der Waals surface area contributed by atoms with Crippen LogP contribution in [0.2, 0.25) is 0 Å². The van der Waals surface area contributed by atoms with Gasteiger partial charge in [0, 0.05) is 23.7 Å². The number of aromatic nitrogens is 1. The van der Waals surface area contributed by atoms with E-state index >= 15 is 0 Å². The van der Waals surface area contributed by atoms with E-state index in [9.17, 15) is 23.1 Å². The fourth-order valence-corrected chi connectivity index (χ4v) is 3.36. The molecule has 0 saturated carbocycles. The predicted octanol–water partition coefficient (Wildman–Crippen LogP) is 3.39. The number of thiol groups is 1. The topological polar surface area (TPSA) is 94.5 Å². The summed E-state index contributed by atoms with van der Waals surface area (Å²) < 4.78 is 40.8. The van der Waals surface area contributed by atoms with Crippen molar-refractivity contribution in [3.05, 3.63) is 41.4 Å². The molecule has 0 aliphatic carbocycles. The number of benzene rings is 1. The lowest BCUT2D eigenvalue weighted by Gasteiger charge is -2.31. The van der Waals surface area contributed by atoms with Crippen LogP contribution in [0.15, 0.2) is 35.8 Å². The van der Waals surface area contributed by atoms with Gasteiger partial charge in [0.25, 0.3) is 0 Å². The van der Waals surface area contributed by atoms with Gasteiger partial charge < -0.3 is 20.8 Å². The lowest BCUT2D eigenvalue weighted by molar-refractivity contribution is -0.268. The SMILES string of the molecule is O=C(O)[C@H](CCS)NCCC(O)(c1ccc(Nc2nccs2)cc1)C(F)(F)F. The maximum Gasteiger partial charge on any atom is 0.421 e. The van der Waals surface area contributed by atoms with E-state index in [0.717, 1.165) is 0 Å². The highest BCUT2D eigenvalue weighted by Gasteiger charge is 2.54. The van der Waals surface area contributed by atoms with E-state index in [2.05, 4.69) is 28.2 Å². The molecule has 6 nitrogen and oxygen atoms in total. The fourth-order valence-electron chi connectivity index (χ4n) is 2.56. The highest BCUT2D eigenvalue weighted by Crippen LogP contribution is 2.41. The van der Waals surface area contributed by atoms with Gasteiger partial charge in [0.2, 0.25) is 0 Å². The molecule has 1 aromatic heterocycles. The van der Waals surface area contributed by atoms with Crippen molar-refractivity contribution < 1.29 is 28.2 Å². The summed E-state index contributed by atoms with van der Waals surface area (Å²) in [6.07, 6.45) is -3.91. The summed E-state index contributed by atoms with van der Waals surface area (Å²) in [7, 11) is 0. The molecule has 0 spiro atoms. The Balaban J connectivity index is 2.12. The van der Waals surface area contributed by atoms with E-state index in [0.29, 0.717) is 10.8 Å². The van der Waals surface area contributed by atoms with Gasteiger partial charge in [-0.05, 0) is 36.4 Å². The van der Waals surface area contributed by atoms with E-state index in [4.69, 9.17) is 5.11 Å². The van der Waals surface area contributed by atoms with Crippen LogP contribution in [0.4, 0.5) is 24.0 Å². The first-order chi connectivity index (χ1) is 13.2. The normalized spacial score (nSPS) is 15.0. The molecular weight excluding hydrogens is 415 g/mol. The highest BCUT2D eigenvalue weighted by atomic mass is 32.1. The van der Waals surface area contributed by atoms with Crippen LogP contribution in [0.1, 0.15) is 18.4 Å². The molecule has 0 aliphatic heterocycles. The number of aliphatic carboxylic acids is 1. The van der Waals surface area contributed by atoms with E-state index in [-0.39, 0.29) is 24.3 Å². The molecule has 2 rings (SSSR count). The summed E-state index contributed by atoms with van der Waals surface area (Å²) in [6.45, 7) is -0.333. The summed E-state index contributed by atoms with van der Waals surface area (Å²) in [4.78, 5) is 15.1. The molecule has 11 heteroatoms. The molecule has 1 unspecified atom stereocenters. The zero-order valence-corrected chi connectivity index (χ0v) is 16.3. The number of nitrogens with one attached hydrogen (secondary N) is 2. The lowest BCUT2D eigenvalue weighted by Crippen LogP contribution is -2.46. The number of anilines is 2. The molecule has 4 N–H and O–H groups in total. The molecule has 0 bridgehead atoms. The summed E-state index contributed by atoms with van der Waals surface area (Å²) in [5, 5.41) is 27.3. The highest BCUT2D eigenvalue weighted by molar-refractivity contribution is 7.80. The molecule has 2 aromatic rings. The first kappa shape index (κ1) is 22.5. The van der Waals surface area contributed by atoms with Gasteiger partial charge in [-0.15, -0.1) is 11.3 Å². The van der Waals surface area contributed by atoms with Gasteiger partial charge >= 0.3 is 12.1 Å². The van der Waals surface area contributed by atoms with Crippen molar-refractivity contribution in [2.45, 2.75) is 30.7 Å². The van der Waals surface area contributed by atoms with Crippen molar-refractivity contribution in [3.63, 3.8) is 0 Å². The van der Waals surface area contributed by atoms with E-state index in [1.807, 2.05) is 0 Å². The van der Waals surface area contributed by atoms with Crippen molar-refractivity contribution >= 4 is 40.8 Å². The zero-order valence-electron chi connectivity index (χ0n) is 14.6. The monoisotopic (exact) mass is 435 g/mol. The summed E-state index contributed by atoms with van der Waals surface area (Å²) in [5.41, 5.74) is -2.90. The summed E-state index contributed by atoms with van der Waals surface area (Å²) in [6, 6.07) is 4.18. The molecule has 1 heterocycles. The maximum absolute atomic E-state index is 13.6. The molecule has 154 valence electrons. The van der Waals surface area contributed by atoms with Gasteiger partial charge in [-0.2, -0.15) is 25.8 Å². The zero-order chi connectivity index (χ0) is 20.8. The molecule has 1 aromatic carbocycles. The second kappa shape index (κ2) is 9.59. The van der Waals surface area contributed by atoms with E-state index in [1.54, 1.807) is 11.6 Å². The first-order valence-corrected chi connectivity index (χ1v) is 9.82. The quantitative estimate of drug-likeness (QED) is 0.367. The summed E-state index contributed by atoms with van der Waals surface area (Å²) >= 11 is 5.27. The number of carboxylic acids is 1. The number of thiazole rings is 1. The van der Waals surface area contributed by atoms with E-state index < -0.39 is 30.2 Å². The Morgan fingerprint density at radius 3 is 2.46 bits per heavy atom. The molecular formula is C17H20F3N3O3S2. The number of aliphatic hydroxyl groups is 1. The lowest BCUT2D eigenvalue weighted by atomic mass is 9.89. The fraction of sp³-hybridized carbons (Fsp3) is 0.412. The van der Waals surface area contributed by atoms with Gasteiger partial charge in [0.1, 0.15) is 6.04 Å². The van der Waals surface area contributed by atoms with Crippen molar-refractivity contribution in [1.82, 2.24) is 10.3 Å². The van der Waals surface area contributed by atoms with Crippen LogP contribution >= 0.6 is 24.0 Å². The van der Waals surface area contributed by atoms with Crippen molar-refractivity contribution in [2.75, 3.05) is 17.6 Å². The molecule has 28 heavy (non-hydrogen) atoms. The number of hydrogen-bond acceptors (Lipinski definition) is 7. The predicted molar refractivity (Wildman–Crippen MR) is 104 cm³/mol. The maximum atomic E-state index is 13.6. The standard InChI is InChI=1S/C17H20F3N3O3S2/c18-17(19,20)16(26,6-7-21-13(5-9-27)14(24)25)11-1-3-12(4-2-11)23-15-22-8-10-28-15/h1-4,8,10,13,21,26-27H,5-7,9H2,(H,22,23)(H,24,25)/t13-,16?/m0/s1. The molecule has 0 amide bonds. The molecule has 2 atom stereocenters. The Morgan fingerprint density at radius 1 is 1.29 bits per heavy atom. The Kier molecular flexibility index (Phi) is 7.70. The number of nitrogens with zero attached hydrogens (tertiary/aromatic N) is 1. The number of rotatable bonds is 10. The van der Waals surface area contributed by atoms with Gasteiger partial charge in [0.05, 0.1) is 0 Å². The Morgan fingerprint density at radius 2 is 1.96 bits per heavy atom. The summed E-state index contributed by atoms with van der Waals surface area (Å²) in [5.74, 6) is -0.914. The third-order valence-corrected chi connectivity index (χ3v) is 5.06. The van der Waals surface area contributed by atoms with Crippen molar-refractivity contribution in [2.24, 2.45) is 0 Å². The Bertz CT molecular complexity index is 757. The van der Waals surface area contributed by atoms with Gasteiger partial charge in [0.15, 0.2) is 10.7 Å².